The number of hydrogen-bond acceptors (Lipinski definition) is 4. The van der Waals surface area contributed by atoms with E-state index in [4.69, 9.17) is 9.47 Å². The Morgan fingerprint density at radius 1 is 1.32 bits per heavy atom. The van der Waals surface area contributed by atoms with E-state index in [0.29, 0.717) is 24.5 Å². The maximum Gasteiger partial charge on any atom is 0.180 e. The molecule has 0 aromatic heterocycles. The molecule has 19 heavy (non-hydrogen) atoms. The molecule has 0 radical (unpaired) electrons. The molecule has 0 aliphatic heterocycles. The van der Waals surface area contributed by atoms with Gasteiger partial charge in [0.2, 0.25) is 0 Å². The molecule has 0 saturated heterocycles. The van der Waals surface area contributed by atoms with E-state index in [9.17, 15) is 4.79 Å². The lowest BCUT2D eigenvalue weighted by atomic mass is 10.1. The molecule has 4 heteroatoms. The summed E-state index contributed by atoms with van der Waals surface area (Å²) >= 11 is 0. The van der Waals surface area contributed by atoms with Gasteiger partial charge in [-0.15, -0.1) is 0 Å². The van der Waals surface area contributed by atoms with E-state index < -0.39 is 0 Å². The summed E-state index contributed by atoms with van der Waals surface area (Å²) < 4.78 is 10.4. The van der Waals surface area contributed by atoms with E-state index in [1.807, 2.05) is 25.1 Å². The van der Waals surface area contributed by atoms with Crippen LogP contribution in [0, 0.1) is 0 Å². The highest BCUT2D eigenvalue weighted by Gasteiger charge is 2.18. The van der Waals surface area contributed by atoms with Crippen LogP contribution in [-0.2, 0) is 4.74 Å². The first-order chi connectivity index (χ1) is 9.13. The summed E-state index contributed by atoms with van der Waals surface area (Å²) in [5.74, 6) is 0.699. The number of rotatable bonds is 8. The maximum atomic E-state index is 12.3. The van der Waals surface area contributed by atoms with E-state index in [-0.39, 0.29) is 11.8 Å². The Bertz CT molecular complexity index is 406. The minimum Gasteiger partial charge on any atom is -0.496 e. The standard InChI is InChI=1S/C15H23NO3/c1-5-16(12(2)11-18-3)10-14(17)13-8-6-7-9-15(13)19-4/h6-9,12H,5,10-11H2,1-4H3. The zero-order valence-corrected chi connectivity index (χ0v) is 12.2. The third-order valence-electron chi connectivity index (χ3n) is 3.19. The van der Waals surface area contributed by atoms with Gasteiger partial charge in [0.05, 0.1) is 25.8 Å². The highest BCUT2D eigenvalue weighted by atomic mass is 16.5. The van der Waals surface area contributed by atoms with Crippen LogP contribution in [0.5, 0.6) is 5.75 Å². The molecule has 1 rings (SSSR count). The molecule has 0 aliphatic carbocycles. The van der Waals surface area contributed by atoms with Gasteiger partial charge in [0, 0.05) is 13.2 Å². The van der Waals surface area contributed by atoms with Crippen LogP contribution in [0.2, 0.25) is 0 Å². The number of carbonyl (C=O) groups is 1. The van der Waals surface area contributed by atoms with Gasteiger partial charge in [-0.1, -0.05) is 19.1 Å². The molecule has 0 N–H and O–H groups in total. The lowest BCUT2D eigenvalue weighted by Gasteiger charge is -2.26. The number of carbonyl (C=O) groups excluding carboxylic acids is 1. The van der Waals surface area contributed by atoms with Crippen molar-refractivity contribution in [3.8, 4) is 5.75 Å². The van der Waals surface area contributed by atoms with Crippen molar-refractivity contribution in [2.24, 2.45) is 0 Å². The predicted octanol–water partition coefficient (Wildman–Crippen LogP) is 2.23. The van der Waals surface area contributed by atoms with Crippen LogP contribution < -0.4 is 4.74 Å². The number of methoxy groups -OCH3 is 2. The molecular formula is C15H23NO3. The molecule has 0 spiro atoms. The van der Waals surface area contributed by atoms with E-state index in [2.05, 4.69) is 11.8 Å². The molecular weight excluding hydrogens is 242 g/mol. The average Bonchev–Trinajstić information content (AvgIpc) is 2.44. The highest BCUT2D eigenvalue weighted by molar-refractivity contribution is 6.00. The third kappa shape index (κ3) is 4.33. The first-order valence-corrected chi connectivity index (χ1v) is 6.53. The number of para-hydroxylation sites is 1. The molecule has 0 saturated carbocycles. The van der Waals surface area contributed by atoms with Crippen molar-refractivity contribution in [2.75, 3.05) is 33.9 Å². The molecule has 0 fully saturated rings. The Balaban J connectivity index is 2.77. The Morgan fingerprint density at radius 3 is 2.58 bits per heavy atom. The van der Waals surface area contributed by atoms with Crippen LogP contribution in [0.4, 0.5) is 0 Å². The van der Waals surface area contributed by atoms with E-state index >= 15 is 0 Å². The van der Waals surface area contributed by atoms with Crippen LogP contribution in [0.25, 0.3) is 0 Å². The summed E-state index contributed by atoms with van der Waals surface area (Å²) in [5.41, 5.74) is 0.632. The van der Waals surface area contributed by atoms with Crippen LogP contribution in [0.3, 0.4) is 0 Å². The van der Waals surface area contributed by atoms with Crippen molar-refractivity contribution in [1.29, 1.82) is 0 Å². The summed E-state index contributed by atoms with van der Waals surface area (Å²) in [6.07, 6.45) is 0. The van der Waals surface area contributed by atoms with Crippen molar-refractivity contribution < 1.29 is 14.3 Å². The molecule has 0 heterocycles. The molecule has 106 valence electrons. The van der Waals surface area contributed by atoms with Crippen molar-refractivity contribution in [1.82, 2.24) is 4.90 Å². The number of ether oxygens (including phenoxy) is 2. The fourth-order valence-electron chi connectivity index (χ4n) is 2.07. The second-order valence-electron chi connectivity index (χ2n) is 4.49. The second-order valence-corrected chi connectivity index (χ2v) is 4.49. The summed E-state index contributed by atoms with van der Waals surface area (Å²) in [6, 6.07) is 7.54. The first kappa shape index (κ1) is 15.7. The zero-order chi connectivity index (χ0) is 14.3. The maximum absolute atomic E-state index is 12.3. The van der Waals surface area contributed by atoms with Gasteiger partial charge >= 0.3 is 0 Å². The molecule has 1 aromatic rings. The minimum atomic E-state index is 0.0715. The number of nitrogens with zero attached hydrogens (tertiary/aromatic N) is 1. The number of ketones is 1. The number of benzene rings is 1. The Kier molecular flexibility index (Phi) is 6.53. The molecule has 0 amide bonds. The van der Waals surface area contributed by atoms with E-state index in [1.54, 1.807) is 20.3 Å². The number of Topliss-reactive ketones (excluding diaryl/α,β-unsaturated/α-hetero) is 1. The smallest absolute Gasteiger partial charge is 0.180 e. The molecule has 1 unspecified atom stereocenters. The zero-order valence-electron chi connectivity index (χ0n) is 12.2. The van der Waals surface area contributed by atoms with Crippen LogP contribution in [0.1, 0.15) is 24.2 Å². The Hall–Kier alpha value is -1.39. The predicted molar refractivity (Wildman–Crippen MR) is 75.9 cm³/mol. The molecule has 1 atom stereocenters. The van der Waals surface area contributed by atoms with Crippen molar-refractivity contribution in [3.63, 3.8) is 0 Å². The van der Waals surface area contributed by atoms with Gasteiger partial charge < -0.3 is 9.47 Å². The van der Waals surface area contributed by atoms with Crippen molar-refractivity contribution in [2.45, 2.75) is 19.9 Å². The molecule has 1 aromatic carbocycles. The monoisotopic (exact) mass is 265 g/mol. The Morgan fingerprint density at radius 2 is 2.00 bits per heavy atom. The molecule has 4 nitrogen and oxygen atoms in total. The van der Waals surface area contributed by atoms with Crippen molar-refractivity contribution in [3.05, 3.63) is 29.8 Å². The van der Waals surface area contributed by atoms with Crippen LogP contribution >= 0.6 is 0 Å². The minimum absolute atomic E-state index is 0.0715. The summed E-state index contributed by atoms with van der Waals surface area (Å²) in [4.78, 5) is 14.4. The largest absolute Gasteiger partial charge is 0.496 e. The highest BCUT2D eigenvalue weighted by Crippen LogP contribution is 2.18. The van der Waals surface area contributed by atoms with Crippen LogP contribution in [0.15, 0.2) is 24.3 Å². The summed E-state index contributed by atoms with van der Waals surface area (Å²) in [6.45, 7) is 5.91. The van der Waals surface area contributed by atoms with Gasteiger partial charge in [0.1, 0.15) is 5.75 Å². The van der Waals surface area contributed by atoms with Gasteiger partial charge in [0.25, 0.3) is 0 Å². The van der Waals surface area contributed by atoms with Gasteiger partial charge in [0.15, 0.2) is 5.78 Å². The normalized spacial score (nSPS) is 12.5. The van der Waals surface area contributed by atoms with E-state index in [0.717, 1.165) is 6.54 Å². The lowest BCUT2D eigenvalue weighted by Crippen LogP contribution is -2.39. The van der Waals surface area contributed by atoms with Gasteiger partial charge in [-0.3, -0.25) is 9.69 Å². The molecule has 0 bridgehead atoms. The SMILES string of the molecule is CCN(CC(=O)c1ccccc1OC)C(C)COC. The van der Waals surface area contributed by atoms with Crippen molar-refractivity contribution >= 4 is 5.78 Å². The third-order valence-corrected chi connectivity index (χ3v) is 3.19. The summed E-state index contributed by atoms with van der Waals surface area (Å²) in [7, 11) is 3.25. The average molecular weight is 265 g/mol. The number of likely N-dealkylation sites (N-methyl/N-ethyl adjacent to an activating group) is 1. The number of hydrogen-bond donors (Lipinski definition) is 0. The Labute approximate surface area is 115 Å². The summed E-state index contributed by atoms with van der Waals surface area (Å²) in [5, 5.41) is 0. The van der Waals surface area contributed by atoms with Gasteiger partial charge in [-0.05, 0) is 25.6 Å². The van der Waals surface area contributed by atoms with Gasteiger partial charge in [-0.2, -0.15) is 0 Å². The van der Waals surface area contributed by atoms with Gasteiger partial charge in [-0.25, -0.2) is 0 Å². The van der Waals surface area contributed by atoms with Crippen LogP contribution in [-0.4, -0.2) is 50.6 Å². The molecule has 0 aliphatic rings. The quantitative estimate of drug-likeness (QED) is 0.676. The van der Waals surface area contributed by atoms with E-state index in [1.165, 1.54) is 0 Å². The topological polar surface area (TPSA) is 38.8 Å². The first-order valence-electron chi connectivity index (χ1n) is 6.53. The second kappa shape index (κ2) is 7.92. The fourth-order valence-corrected chi connectivity index (χ4v) is 2.07. The lowest BCUT2D eigenvalue weighted by molar-refractivity contribution is 0.0785. The fraction of sp³-hybridized carbons (Fsp3) is 0.533.